The van der Waals surface area contributed by atoms with E-state index in [1.165, 1.54) is 0 Å². The largest absolute Gasteiger partial charge is 0.329 e. The van der Waals surface area contributed by atoms with Gasteiger partial charge in [0, 0.05) is 155 Å². The van der Waals surface area contributed by atoms with E-state index in [0.717, 1.165) is 124 Å². The van der Waals surface area contributed by atoms with Crippen LogP contribution >= 0.6 is 0 Å². The van der Waals surface area contributed by atoms with Crippen LogP contribution in [0.2, 0.25) is 0 Å². The number of nitrogens with one attached hydrogen (secondary N) is 3. The van der Waals surface area contributed by atoms with Gasteiger partial charge in [0.2, 0.25) is 0 Å². The highest BCUT2D eigenvalue weighted by molar-refractivity contribution is 4.82. The molecule has 254 valence electrons. The van der Waals surface area contributed by atoms with Gasteiger partial charge < -0.3 is 50.4 Å². The van der Waals surface area contributed by atoms with E-state index >= 15 is 0 Å². The molecule has 0 saturated carbocycles. The highest BCUT2D eigenvalue weighted by atomic mass is 15.2. The van der Waals surface area contributed by atoms with Crippen LogP contribution in [0, 0.1) is 0 Å². The van der Waals surface area contributed by atoms with Crippen molar-refractivity contribution in [2.24, 2.45) is 34.4 Å². The van der Waals surface area contributed by atoms with Gasteiger partial charge in [-0.05, 0) is 27.2 Å². The molecule has 0 aromatic heterocycles. The summed E-state index contributed by atoms with van der Waals surface area (Å²) in [5, 5.41) is 10.6. The zero-order chi connectivity index (χ0) is 31.7. The van der Waals surface area contributed by atoms with Crippen LogP contribution in [0.5, 0.6) is 0 Å². The van der Waals surface area contributed by atoms with Crippen LogP contribution < -0.4 is 50.4 Å². The van der Waals surface area contributed by atoms with Crippen molar-refractivity contribution in [3.05, 3.63) is 0 Å². The van der Waals surface area contributed by atoms with Crippen molar-refractivity contribution in [3.63, 3.8) is 0 Å². The molecule has 0 spiro atoms. The Morgan fingerprint density at radius 1 is 0.476 bits per heavy atom. The number of nitrogens with two attached hydrogens (primary N) is 6. The molecule has 0 radical (unpaired) electrons. The lowest BCUT2D eigenvalue weighted by atomic mass is 10.00. The molecule has 0 bridgehead atoms. The van der Waals surface area contributed by atoms with Gasteiger partial charge in [-0.3, -0.25) is 19.6 Å². The molecule has 1 unspecified atom stereocenters. The molecule has 0 fully saturated rings. The van der Waals surface area contributed by atoms with Gasteiger partial charge in [0.25, 0.3) is 0 Å². The predicted molar refractivity (Wildman–Crippen MR) is 182 cm³/mol. The highest BCUT2D eigenvalue weighted by Gasteiger charge is 2.19. The van der Waals surface area contributed by atoms with E-state index in [-0.39, 0.29) is 11.1 Å². The smallest absolute Gasteiger partial charge is 0.0252 e. The van der Waals surface area contributed by atoms with E-state index in [1.54, 1.807) is 0 Å². The number of hydrogen-bond acceptors (Lipinski definition) is 13. The minimum atomic E-state index is -0.217. The second-order valence-corrected chi connectivity index (χ2v) is 12.6. The zero-order valence-electron chi connectivity index (χ0n) is 28.0. The van der Waals surface area contributed by atoms with E-state index < -0.39 is 0 Å². The molecule has 1 atom stereocenters. The molecule has 0 aliphatic heterocycles. The third-order valence-corrected chi connectivity index (χ3v) is 7.51. The molecule has 0 aliphatic carbocycles. The van der Waals surface area contributed by atoms with Crippen molar-refractivity contribution in [1.29, 1.82) is 0 Å². The molecule has 0 aromatic carbocycles. The van der Waals surface area contributed by atoms with E-state index in [2.05, 4.69) is 63.2 Å². The van der Waals surface area contributed by atoms with Gasteiger partial charge in [-0.1, -0.05) is 6.92 Å². The van der Waals surface area contributed by atoms with Crippen molar-refractivity contribution < 1.29 is 0 Å². The summed E-state index contributed by atoms with van der Waals surface area (Å²) in [6.07, 6.45) is 0.949. The maximum absolute atomic E-state index is 6.42. The maximum atomic E-state index is 6.42. The second kappa shape index (κ2) is 25.8. The highest BCUT2D eigenvalue weighted by Crippen LogP contribution is 2.07. The van der Waals surface area contributed by atoms with Gasteiger partial charge in [0.1, 0.15) is 0 Å². The van der Waals surface area contributed by atoms with E-state index in [9.17, 15) is 0 Å². The summed E-state index contributed by atoms with van der Waals surface area (Å²) in [4.78, 5) is 9.83. The van der Waals surface area contributed by atoms with Crippen molar-refractivity contribution in [3.8, 4) is 0 Å². The Morgan fingerprint density at radius 3 is 1.29 bits per heavy atom. The van der Waals surface area contributed by atoms with Crippen LogP contribution in [0.3, 0.4) is 0 Å². The first-order chi connectivity index (χ1) is 20.0. The Hall–Kier alpha value is -0.520. The maximum Gasteiger partial charge on any atom is 0.0252 e. The summed E-state index contributed by atoms with van der Waals surface area (Å²) >= 11 is 0. The SMILES string of the molecule is CCC(C)(N)CN(CCN)CCNCCN(CCNCCN)CCN(CCNCC(C)(C)N)CCN(CCN)CCN. The summed E-state index contributed by atoms with van der Waals surface area (Å²) in [5.74, 6) is 0. The van der Waals surface area contributed by atoms with Crippen molar-refractivity contribution >= 4 is 0 Å². The molecule has 0 heterocycles. The van der Waals surface area contributed by atoms with E-state index in [1.807, 2.05) is 0 Å². The lowest BCUT2D eigenvalue weighted by molar-refractivity contribution is 0.177. The molecule has 13 nitrogen and oxygen atoms in total. The normalized spacial score (nSPS) is 14.1. The van der Waals surface area contributed by atoms with E-state index in [4.69, 9.17) is 34.4 Å². The van der Waals surface area contributed by atoms with E-state index in [0.29, 0.717) is 26.2 Å². The molecule has 13 heteroatoms. The zero-order valence-corrected chi connectivity index (χ0v) is 28.0. The standard InChI is InChI=1S/C29H73N13/c1-5-29(4,35)27-42(17-9-33)21-13-37-12-19-40(18-11-36-10-6-30)23-25-41(20-14-38-26-28(2,3)34)24-22-39(15-7-31)16-8-32/h36-38H,5-27,30-35H2,1-4H3. The van der Waals surface area contributed by atoms with Crippen LogP contribution in [0.25, 0.3) is 0 Å². The minimum absolute atomic E-state index is 0.184. The van der Waals surface area contributed by atoms with Crippen LogP contribution in [-0.2, 0) is 0 Å². The van der Waals surface area contributed by atoms with Crippen molar-refractivity contribution in [2.75, 3.05) is 144 Å². The molecule has 0 rings (SSSR count). The second-order valence-electron chi connectivity index (χ2n) is 12.6. The number of nitrogens with zero attached hydrogens (tertiary/aromatic N) is 4. The molecule has 0 aromatic rings. The number of hydrogen-bond donors (Lipinski definition) is 9. The topological polar surface area (TPSA) is 205 Å². The first-order valence-electron chi connectivity index (χ1n) is 16.4. The number of rotatable bonds is 31. The summed E-state index contributed by atoms with van der Waals surface area (Å²) in [6.45, 7) is 27.7. The third-order valence-electron chi connectivity index (χ3n) is 7.51. The quantitative estimate of drug-likeness (QED) is 0.0356. The molecule has 0 aliphatic rings. The van der Waals surface area contributed by atoms with Crippen molar-refractivity contribution in [1.82, 2.24) is 35.6 Å². The molecular formula is C29H73N13. The summed E-state index contributed by atoms with van der Waals surface area (Å²) in [6, 6.07) is 0. The Kier molecular flexibility index (Phi) is 25.5. The average molecular weight is 604 g/mol. The van der Waals surface area contributed by atoms with Gasteiger partial charge in [-0.15, -0.1) is 0 Å². The first kappa shape index (κ1) is 41.5. The predicted octanol–water partition coefficient (Wildman–Crippen LogP) is -3.34. The van der Waals surface area contributed by atoms with Gasteiger partial charge in [0.15, 0.2) is 0 Å². The van der Waals surface area contributed by atoms with Crippen LogP contribution in [0.4, 0.5) is 0 Å². The lowest BCUT2D eigenvalue weighted by Crippen LogP contribution is -2.50. The fourth-order valence-corrected chi connectivity index (χ4v) is 4.72. The Morgan fingerprint density at radius 2 is 0.857 bits per heavy atom. The molecule has 15 N–H and O–H groups in total. The average Bonchev–Trinajstić information content (AvgIpc) is 2.93. The molecule has 42 heavy (non-hydrogen) atoms. The fraction of sp³-hybridized carbons (Fsp3) is 1.00. The van der Waals surface area contributed by atoms with Gasteiger partial charge in [0.05, 0.1) is 0 Å². The minimum Gasteiger partial charge on any atom is -0.329 e. The summed E-state index contributed by atoms with van der Waals surface area (Å²) in [5.41, 5.74) is 35.4. The van der Waals surface area contributed by atoms with Gasteiger partial charge in [-0.2, -0.15) is 0 Å². The fourth-order valence-electron chi connectivity index (χ4n) is 4.72. The van der Waals surface area contributed by atoms with Gasteiger partial charge >= 0.3 is 0 Å². The Balaban J connectivity index is 4.98. The first-order valence-corrected chi connectivity index (χ1v) is 16.4. The summed E-state index contributed by atoms with van der Waals surface area (Å²) < 4.78 is 0. The van der Waals surface area contributed by atoms with Crippen LogP contribution in [0.15, 0.2) is 0 Å². The molecular weight excluding hydrogens is 530 g/mol. The molecule has 0 saturated heterocycles. The van der Waals surface area contributed by atoms with Crippen molar-refractivity contribution in [2.45, 2.75) is 45.2 Å². The third kappa shape index (κ3) is 24.9. The summed E-state index contributed by atoms with van der Waals surface area (Å²) in [7, 11) is 0. The van der Waals surface area contributed by atoms with Gasteiger partial charge in [-0.25, -0.2) is 0 Å². The van der Waals surface area contributed by atoms with Crippen LogP contribution in [0.1, 0.15) is 34.1 Å². The Bertz CT molecular complexity index is 582. The monoisotopic (exact) mass is 604 g/mol. The lowest BCUT2D eigenvalue weighted by Gasteiger charge is -2.32. The van der Waals surface area contributed by atoms with Crippen LogP contribution in [-0.4, -0.2) is 175 Å². The Labute approximate surface area is 259 Å². The molecule has 0 amide bonds.